The topological polar surface area (TPSA) is 67.6 Å². The van der Waals surface area contributed by atoms with Gasteiger partial charge in [-0.2, -0.15) is 0 Å². The van der Waals surface area contributed by atoms with Gasteiger partial charge in [-0.15, -0.1) is 0 Å². The number of fused-ring (bicyclic) bond motifs is 1. The molecule has 1 aliphatic rings. The fourth-order valence-corrected chi connectivity index (χ4v) is 4.50. The van der Waals surface area contributed by atoms with Crippen LogP contribution < -0.4 is 9.64 Å². The van der Waals surface area contributed by atoms with Gasteiger partial charge in [0, 0.05) is 24.6 Å². The minimum absolute atomic E-state index is 0.0485. The fraction of sp³-hybridized carbons (Fsp3) is 0.259. The summed E-state index contributed by atoms with van der Waals surface area (Å²) < 4.78 is 7.80. The number of aryl methyl sites for hydroxylation is 1. The third-order valence-corrected chi connectivity index (χ3v) is 6.07. The van der Waals surface area contributed by atoms with E-state index in [1.165, 1.54) is 0 Å². The van der Waals surface area contributed by atoms with Crippen LogP contribution in [0.5, 0.6) is 5.75 Å². The van der Waals surface area contributed by atoms with Crippen LogP contribution in [0.2, 0.25) is 0 Å². The number of carbonyl (C=O) groups is 1. The van der Waals surface area contributed by atoms with E-state index in [2.05, 4.69) is 0 Å². The number of carbonyl (C=O) groups excluding carboxylic acids is 1. The molecule has 0 bridgehead atoms. The summed E-state index contributed by atoms with van der Waals surface area (Å²) >= 11 is 0. The van der Waals surface area contributed by atoms with Gasteiger partial charge in [0.2, 0.25) is 5.91 Å². The first-order valence-electron chi connectivity index (χ1n) is 11.3. The molecule has 1 fully saturated rings. The molecule has 1 aromatic heterocycles. The molecule has 0 aliphatic carbocycles. The Morgan fingerprint density at radius 1 is 1.06 bits per heavy atom. The van der Waals surface area contributed by atoms with Gasteiger partial charge >= 0.3 is 0 Å². The normalized spacial score (nSPS) is 17.0. The van der Waals surface area contributed by atoms with Crippen molar-refractivity contribution in [1.29, 1.82) is 0 Å². The molecule has 2 heterocycles. The Bertz CT molecular complexity index is 1270. The van der Waals surface area contributed by atoms with Gasteiger partial charge < -0.3 is 19.3 Å². The third-order valence-electron chi connectivity index (χ3n) is 6.07. The maximum atomic E-state index is 12.9. The van der Waals surface area contributed by atoms with E-state index < -0.39 is 6.10 Å². The molecule has 5 rings (SSSR count). The number of hydrogen-bond acceptors (Lipinski definition) is 4. The molecule has 2 atom stereocenters. The van der Waals surface area contributed by atoms with Gasteiger partial charge in [-0.3, -0.25) is 4.79 Å². The second-order valence-corrected chi connectivity index (χ2v) is 8.59. The largest absolute Gasteiger partial charge is 0.491 e. The molecular formula is C27H27N3O3. The zero-order chi connectivity index (χ0) is 22.8. The van der Waals surface area contributed by atoms with E-state index in [1.54, 1.807) is 0 Å². The van der Waals surface area contributed by atoms with Crippen LogP contribution in [0.1, 0.15) is 23.7 Å². The predicted octanol–water partition coefficient (Wildman–Crippen LogP) is 4.31. The second kappa shape index (κ2) is 9.08. The van der Waals surface area contributed by atoms with E-state index in [0.717, 1.165) is 33.9 Å². The van der Waals surface area contributed by atoms with Crippen molar-refractivity contribution in [1.82, 2.24) is 9.55 Å². The standard InChI is InChI=1S/C27H27N3O3/c1-19-8-7-9-21(14-19)29-16-20(15-26(29)32)27-28-24-12-5-6-13-25(24)30(27)17-22(31)18-33-23-10-3-2-4-11-23/h2-14,20,22,31H,15-18H2,1H3/t20-,22+/m1/s1. The number of para-hydroxylation sites is 3. The number of aliphatic hydroxyl groups excluding tert-OH is 1. The van der Waals surface area contributed by atoms with Crippen molar-refractivity contribution in [3.63, 3.8) is 0 Å². The summed E-state index contributed by atoms with van der Waals surface area (Å²) in [5.74, 6) is 1.60. The van der Waals surface area contributed by atoms with Gasteiger partial charge in [0.25, 0.3) is 0 Å². The van der Waals surface area contributed by atoms with Gasteiger partial charge in [0.05, 0.1) is 17.6 Å². The van der Waals surface area contributed by atoms with Crippen molar-refractivity contribution < 1.29 is 14.6 Å². The van der Waals surface area contributed by atoms with E-state index in [9.17, 15) is 9.90 Å². The Kier molecular flexibility index (Phi) is 5.84. The van der Waals surface area contributed by atoms with Crippen molar-refractivity contribution in [2.24, 2.45) is 0 Å². The molecular weight excluding hydrogens is 414 g/mol. The zero-order valence-corrected chi connectivity index (χ0v) is 18.6. The molecule has 33 heavy (non-hydrogen) atoms. The number of benzene rings is 3. The van der Waals surface area contributed by atoms with Crippen molar-refractivity contribution in [2.45, 2.75) is 31.9 Å². The molecule has 1 N–H and O–H groups in total. The summed E-state index contributed by atoms with van der Waals surface area (Å²) in [6.07, 6.45) is -0.319. The van der Waals surface area contributed by atoms with Crippen molar-refractivity contribution in [3.05, 3.63) is 90.3 Å². The summed E-state index contributed by atoms with van der Waals surface area (Å²) in [4.78, 5) is 19.6. The highest BCUT2D eigenvalue weighted by atomic mass is 16.5. The molecule has 1 amide bonds. The molecule has 1 saturated heterocycles. The average molecular weight is 442 g/mol. The summed E-state index contributed by atoms with van der Waals surface area (Å²) in [6, 6.07) is 25.4. The van der Waals surface area contributed by atoms with Gasteiger partial charge in [-0.05, 0) is 48.9 Å². The van der Waals surface area contributed by atoms with Gasteiger partial charge in [0.15, 0.2) is 0 Å². The number of anilines is 1. The molecule has 6 heteroatoms. The number of nitrogens with zero attached hydrogens (tertiary/aromatic N) is 3. The second-order valence-electron chi connectivity index (χ2n) is 8.59. The van der Waals surface area contributed by atoms with Crippen molar-refractivity contribution >= 4 is 22.6 Å². The van der Waals surface area contributed by atoms with Crippen molar-refractivity contribution in [3.8, 4) is 5.75 Å². The van der Waals surface area contributed by atoms with Crippen LogP contribution in [-0.2, 0) is 11.3 Å². The molecule has 4 aromatic rings. The Balaban J connectivity index is 1.39. The number of aliphatic hydroxyl groups is 1. The van der Waals surface area contributed by atoms with Gasteiger partial charge in [-0.1, -0.05) is 42.5 Å². The van der Waals surface area contributed by atoms with E-state index in [4.69, 9.17) is 9.72 Å². The lowest BCUT2D eigenvalue weighted by Crippen LogP contribution is -2.26. The molecule has 0 saturated carbocycles. The van der Waals surface area contributed by atoms with Crippen LogP contribution >= 0.6 is 0 Å². The van der Waals surface area contributed by atoms with Crippen LogP contribution in [-0.4, -0.2) is 39.8 Å². The smallest absolute Gasteiger partial charge is 0.227 e. The Labute approximate surface area is 193 Å². The molecule has 0 unspecified atom stereocenters. The highest BCUT2D eigenvalue weighted by Gasteiger charge is 2.35. The monoisotopic (exact) mass is 441 g/mol. The molecule has 0 spiro atoms. The number of rotatable bonds is 7. The first-order valence-corrected chi connectivity index (χ1v) is 11.3. The highest BCUT2D eigenvalue weighted by molar-refractivity contribution is 5.96. The molecule has 1 aliphatic heterocycles. The zero-order valence-electron chi connectivity index (χ0n) is 18.6. The summed E-state index contributed by atoms with van der Waals surface area (Å²) in [7, 11) is 0. The third kappa shape index (κ3) is 4.47. The average Bonchev–Trinajstić information content (AvgIpc) is 3.39. The van der Waals surface area contributed by atoms with Gasteiger partial charge in [-0.25, -0.2) is 4.98 Å². The van der Waals surface area contributed by atoms with E-state index in [-0.39, 0.29) is 18.4 Å². The van der Waals surface area contributed by atoms with E-state index in [1.807, 2.05) is 95.3 Å². The lowest BCUT2D eigenvalue weighted by atomic mass is 10.1. The predicted molar refractivity (Wildman–Crippen MR) is 129 cm³/mol. The fourth-order valence-electron chi connectivity index (χ4n) is 4.50. The van der Waals surface area contributed by atoms with Crippen LogP contribution in [0, 0.1) is 6.92 Å². The van der Waals surface area contributed by atoms with Crippen molar-refractivity contribution in [2.75, 3.05) is 18.1 Å². The SMILES string of the molecule is Cc1cccc(N2C[C@H](c3nc4ccccc4n3C[C@H](O)COc3ccccc3)CC2=O)c1. The molecule has 168 valence electrons. The van der Waals surface area contributed by atoms with Gasteiger partial charge in [0.1, 0.15) is 24.3 Å². The van der Waals surface area contributed by atoms with Crippen LogP contribution in [0.4, 0.5) is 5.69 Å². The summed E-state index contributed by atoms with van der Waals surface area (Å²) in [5.41, 5.74) is 3.86. The first kappa shape index (κ1) is 21.2. The van der Waals surface area contributed by atoms with E-state index >= 15 is 0 Å². The number of ether oxygens (including phenoxy) is 1. The Hall–Kier alpha value is -3.64. The minimum atomic E-state index is -0.716. The van der Waals surface area contributed by atoms with E-state index in [0.29, 0.717) is 19.5 Å². The molecule has 6 nitrogen and oxygen atoms in total. The molecule has 0 radical (unpaired) electrons. The number of amides is 1. The highest BCUT2D eigenvalue weighted by Crippen LogP contribution is 2.33. The Morgan fingerprint density at radius 2 is 1.85 bits per heavy atom. The first-order chi connectivity index (χ1) is 16.1. The van der Waals surface area contributed by atoms with Crippen LogP contribution in [0.25, 0.3) is 11.0 Å². The number of hydrogen-bond donors (Lipinski definition) is 1. The van der Waals surface area contributed by atoms with Crippen LogP contribution in [0.3, 0.4) is 0 Å². The number of aromatic nitrogens is 2. The quantitative estimate of drug-likeness (QED) is 0.464. The van der Waals surface area contributed by atoms with Crippen LogP contribution in [0.15, 0.2) is 78.9 Å². The lowest BCUT2D eigenvalue weighted by molar-refractivity contribution is -0.117. The lowest BCUT2D eigenvalue weighted by Gasteiger charge is -2.19. The number of imidazole rings is 1. The minimum Gasteiger partial charge on any atom is -0.491 e. The maximum absolute atomic E-state index is 12.9. The summed E-state index contributed by atoms with van der Waals surface area (Å²) in [6.45, 7) is 3.12. The Morgan fingerprint density at radius 3 is 2.67 bits per heavy atom. The summed E-state index contributed by atoms with van der Waals surface area (Å²) in [5, 5.41) is 10.8. The maximum Gasteiger partial charge on any atom is 0.227 e. The molecule has 3 aromatic carbocycles.